The van der Waals surface area contributed by atoms with Gasteiger partial charge in [-0.15, -0.1) is 0 Å². The first-order valence-corrected chi connectivity index (χ1v) is 6.31. The molecule has 1 N–H and O–H groups in total. The van der Waals surface area contributed by atoms with Crippen LogP contribution in [-0.2, 0) is 11.3 Å². The second-order valence-corrected chi connectivity index (χ2v) is 5.29. The fraction of sp³-hybridized carbons (Fsp3) is 0.500. The first-order valence-electron chi connectivity index (χ1n) is 6.31. The zero-order chi connectivity index (χ0) is 12.0. The SMILES string of the molecule is CC[C@H]1C[C@]2(C)Nc3ccccc3CN2C1=O. The van der Waals surface area contributed by atoms with E-state index in [4.69, 9.17) is 0 Å². The van der Waals surface area contributed by atoms with Crippen molar-refractivity contribution in [2.75, 3.05) is 5.32 Å². The molecule has 2 aliphatic rings. The van der Waals surface area contributed by atoms with Gasteiger partial charge in [-0.25, -0.2) is 0 Å². The van der Waals surface area contributed by atoms with Crippen molar-refractivity contribution >= 4 is 11.6 Å². The number of anilines is 1. The molecule has 2 atom stereocenters. The third-order valence-corrected chi connectivity index (χ3v) is 4.10. The van der Waals surface area contributed by atoms with Gasteiger partial charge in [0, 0.05) is 24.6 Å². The van der Waals surface area contributed by atoms with Crippen LogP contribution < -0.4 is 5.32 Å². The van der Waals surface area contributed by atoms with Gasteiger partial charge in [0.05, 0.1) is 0 Å². The number of para-hydroxylation sites is 1. The first-order chi connectivity index (χ1) is 8.14. The number of nitrogens with one attached hydrogen (secondary N) is 1. The second-order valence-electron chi connectivity index (χ2n) is 5.29. The molecule has 0 unspecified atom stereocenters. The van der Waals surface area contributed by atoms with E-state index < -0.39 is 0 Å². The summed E-state index contributed by atoms with van der Waals surface area (Å²) in [7, 11) is 0. The molecule has 1 fully saturated rings. The minimum Gasteiger partial charge on any atom is -0.363 e. The van der Waals surface area contributed by atoms with Crippen molar-refractivity contribution in [1.82, 2.24) is 4.90 Å². The lowest BCUT2D eigenvalue weighted by molar-refractivity contribution is -0.134. The van der Waals surface area contributed by atoms with Crippen LogP contribution in [0.15, 0.2) is 24.3 Å². The Morgan fingerprint density at radius 2 is 2.24 bits per heavy atom. The van der Waals surface area contributed by atoms with Gasteiger partial charge in [0.2, 0.25) is 5.91 Å². The van der Waals surface area contributed by atoms with Crippen LogP contribution in [-0.4, -0.2) is 16.5 Å². The number of benzene rings is 1. The van der Waals surface area contributed by atoms with Gasteiger partial charge in [-0.3, -0.25) is 4.79 Å². The van der Waals surface area contributed by atoms with E-state index in [9.17, 15) is 4.79 Å². The van der Waals surface area contributed by atoms with E-state index in [2.05, 4.69) is 31.3 Å². The van der Waals surface area contributed by atoms with Crippen molar-refractivity contribution < 1.29 is 4.79 Å². The summed E-state index contributed by atoms with van der Waals surface area (Å²) in [6, 6.07) is 8.26. The molecule has 90 valence electrons. The van der Waals surface area contributed by atoms with Crippen LogP contribution in [0.5, 0.6) is 0 Å². The highest BCUT2D eigenvalue weighted by atomic mass is 16.2. The van der Waals surface area contributed by atoms with Gasteiger partial charge < -0.3 is 10.2 Å². The van der Waals surface area contributed by atoms with E-state index in [0.717, 1.165) is 19.4 Å². The molecule has 0 bridgehead atoms. The predicted molar refractivity (Wildman–Crippen MR) is 67.4 cm³/mol. The Bertz CT molecular complexity index is 471. The summed E-state index contributed by atoms with van der Waals surface area (Å²) in [6.07, 6.45) is 1.85. The molecule has 3 rings (SSSR count). The molecule has 2 aliphatic heterocycles. The minimum atomic E-state index is -0.188. The van der Waals surface area contributed by atoms with Gasteiger partial charge in [0.1, 0.15) is 5.66 Å². The molecule has 0 spiro atoms. The molecule has 3 heteroatoms. The van der Waals surface area contributed by atoms with Crippen molar-refractivity contribution in [3.05, 3.63) is 29.8 Å². The normalized spacial score (nSPS) is 30.8. The van der Waals surface area contributed by atoms with E-state index in [1.54, 1.807) is 0 Å². The van der Waals surface area contributed by atoms with Crippen LogP contribution in [0.4, 0.5) is 5.69 Å². The van der Waals surface area contributed by atoms with Gasteiger partial charge in [0.25, 0.3) is 0 Å². The van der Waals surface area contributed by atoms with Crippen molar-refractivity contribution in [3.63, 3.8) is 0 Å². The quantitative estimate of drug-likeness (QED) is 0.804. The van der Waals surface area contributed by atoms with Crippen LogP contribution in [0.25, 0.3) is 0 Å². The smallest absolute Gasteiger partial charge is 0.227 e. The fourth-order valence-corrected chi connectivity index (χ4v) is 3.07. The summed E-state index contributed by atoms with van der Waals surface area (Å²) in [5, 5.41) is 3.54. The van der Waals surface area contributed by atoms with Crippen LogP contribution in [0.3, 0.4) is 0 Å². The van der Waals surface area contributed by atoms with Gasteiger partial charge in [0.15, 0.2) is 0 Å². The fourth-order valence-electron chi connectivity index (χ4n) is 3.07. The maximum absolute atomic E-state index is 12.3. The molecule has 1 aromatic rings. The number of hydrogen-bond donors (Lipinski definition) is 1. The maximum atomic E-state index is 12.3. The number of fused-ring (bicyclic) bond motifs is 2. The number of carbonyl (C=O) groups is 1. The van der Waals surface area contributed by atoms with E-state index >= 15 is 0 Å². The molecule has 3 nitrogen and oxygen atoms in total. The largest absolute Gasteiger partial charge is 0.363 e. The summed E-state index contributed by atoms with van der Waals surface area (Å²) >= 11 is 0. The van der Waals surface area contributed by atoms with Crippen LogP contribution in [0, 0.1) is 5.92 Å². The number of amides is 1. The highest BCUT2D eigenvalue weighted by Gasteiger charge is 2.49. The van der Waals surface area contributed by atoms with Gasteiger partial charge in [-0.05, 0) is 25.0 Å². The van der Waals surface area contributed by atoms with E-state index in [1.165, 1.54) is 11.3 Å². The summed E-state index contributed by atoms with van der Waals surface area (Å²) in [5.41, 5.74) is 2.21. The molecule has 1 aromatic carbocycles. The molecule has 0 saturated carbocycles. The Morgan fingerprint density at radius 1 is 1.47 bits per heavy atom. The lowest BCUT2D eigenvalue weighted by Gasteiger charge is -2.41. The predicted octanol–water partition coefficient (Wildman–Crippen LogP) is 2.59. The molecular formula is C14H18N2O. The maximum Gasteiger partial charge on any atom is 0.227 e. The zero-order valence-corrected chi connectivity index (χ0v) is 10.4. The average molecular weight is 230 g/mol. The lowest BCUT2D eigenvalue weighted by Crippen LogP contribution is -2.51. The van der Waals surface area contributed by atoms with Gasteiger partial charge >= 0.3 is 0 Å². The molecule has 1 saturated heterocycles. The standard InChI is InChI=1S/C14H18N2O/c1-3-10-8-14(2)15-12-7-5-4-6-11(12)9-16(14)13(10)17/h4-7,10,15H,3,8-9H2,1-2H3/t10-,14+/m0/s1. The summed E-state index contributed by atoms with van der Waals surface area (Å²) in [6.45, 7) is 4.98. The molecule has 0 radical (unpaired) electrons. The van der Waals surface area contributed by atoms with Crippen molar-refractivity contribution in [2.45, 2.75) is 38.9 Å². The van der Waals surface area contributed by atoms with E-state index in [1.807, 2.05) is 17.0 Å². The van der Waals surface area contributed by atoms with E-state index in [0.29, 0.717) is 5.91 Å². The van der Waals surface area contributed by atoms with Crippen LogP contribution in [0.2, 0.25) is 0 Å². The Balaban J connectivity index is 1.99. The molecule has 0 aliphatic carbocycles. The molecule has 17 heavy (non-hydrogen) atoms. The topological polar surface area (TPSA) is 32.3 Å². The molecular weight excluding hydrogens is 212 g/mol. The summed E-state index contributed by atoms with van der Waals surface area (Å²) in [5.74, 6) is 0.485. The monoisotopic (exact) mass is 230 g/mol. The lowest BCUT2D eigenvalue weighted by atomic mass is 9.97. The molecule has 1 amide bonds. The van der Waals surface area contributed by atoms with Crippen molar-refractivity contribution in [3.8, 4) is 0 Å². The summed E-state index contributed by atoms with van der Waals surface area (Å²) in [4.78, 5) is 14.3. The van der Waals surface area contributed by atoms with Gasteiger partial charge in [-0.1, -0.05) is 25.1 Å². The van der Waals surface area contributed by atoms with E-state index in [-0.39, 0.29) is 11.6 Å². The third-order valence-electron chi connectivity index (χ3n) is 4.10. The first kappa shape index (κ1) is 10.6. The Kier molecular flexibility index (Phi) is 2.18. The highest BCUT2D eigenvalue weighted by Crippen LogP contribution is 2.41. The minimum absolute atomic E-state index is 0.182. The average Bonchev–Trinajstić information content (AvgIpc) is 2.58. The molecule has 0 aromatic heterocycles. The van der Waals surface area contributed by atoms with Crippen LogP contribution in [0.1, 0.15) is 32.3 Å². The number of rotatable bonds is 1. The van der Waals surface area contributed by atoms with Crippen molar-refractivity contribution in [2.24, 2.45) is 5.92 Å². The number of nitrogens with zero attached hydrogens (tertiary/aromatic N) is 1. The zero-order valence-electron chi connectivity index (χ0n) is 10.4. The number of carbonyl (C=O) groups excluding carboxylic acids is 1. The molecule has 2 heterocycles. The van der Waals surface area contributed by atoms with Crippen molar-refractivity contribution in [1.29, 1.82) is 0 Å². The third kappa shape index (κ3) is 1.45. The second kappa shape index (κ2) is 3.49. The Hall–Kier alpha value is -1.51. The highest BCUT2D eigenvalue weighted by molar-refractivity contribution is 5.84. The summed E-state index contributed by atoms with van der Waals surface area (Å²) < 4.78 is 0. The van der Waals surface area contributed by atoms with Crippen LogP contribution >= 0.6 is 0 Å². The number of hydrogen-bond acceptors (Lipinski definition) is 2. The Labute approximate surface area is 102 Å². The Morgan fingerprint density at radius 3 is 3.00 bits per heavy atom. The van der Waals surface area contributed by atoms with Gasteiger partial charge in [-0.2, -0.15) is 0 Å².